The molecule has 1 aromatic rings. The van der Waals surface area contributed by atoms with Crippen LogP contribution in [0.1, 0.15) is 18.4 Å². The van der Waals surface area contributed by atoms with Crippen LogP contribution in [-0.4, -0.2) is 37.2 Å². The lowest BCUT2D eigenvalue weighted by atomic mass is 10.1. The fourth-order valence-electron chi connectivity index (χ4n) is 2.37. The lowest BCUT2D eigenvalue weighted by molar-refractivity contribution is 0.00109. The first-order valence-electron chi connectivity index (χ1n) is 6.46. The number of nitrogens with two attached hydrogens (primary N) is 1. The van der Waals surface area contributed by atoms with Gasteiger partial charge in [-0.15, -0.1) is 0 Å². The van der Waals surface area contributed by atoms with Crippen molar-refractivity contribution in [1.82, 2.24) is 4.90 Å². The van der Waals surface area contributed by atoms with Crippen LogP contribution in [0.25, 0.3) is 0 Å². The largest absolute Gasteiger partial charge is 0.376 e. The van der Waals surface area contributed by atoms with Gasteiger partial charge in [0.1, 0.15) is 0 Å². The molecule has 0 amide bonds. The first-order valence-corrected chi connectivity index (χ1v) is 6.46. The van der Waals surface area contributed by atoms with E-state index in [-0.39, 0.29) is 0 Å². The van der Waals surface area contributed by atoms with Gasteiger partial charge in [0.05, 0.1) is 12.7 Å². The monoisotopic (exact) mass is 234 g/mol. The van der Waals surface area contributed by atoms with E-state index in [0.29, 0.717) is 19.3 Å². The molecule has 1 heterocycles. The van der Waals surface area contributed by atoms with E-state index in [1.165, 1.54) is 24.9 Å². The molecule has 1 saturated heterocycles. The van der Waals surface area contributed by atoms with E-state index in [9.17, 15) is 0 Å². The third-order valence-corrected chi connectivity index (χ3v) is 3.18. The maximum atomic E-state index is 5.73. The van der Waals surface area contributed by atoms with Crippen LogP contribution in [-0.2, 0) is 11.3 Å². The van der Waals surface area contributed by atoms with Gasteiger partial charge in [0, 0.05) is 19.6 Å². The molecule has 1 aliphatic rings. The highest BCUT2D eigenvalue weighted by molar-refractivity contribution is 5.14. The number of rotatable bonds is 5. The molecule has 17 heavy (non-hydrogen) atoms. The van der Waals surface area contributed by atoms with Gasteiger partial charge < -0.3 is 10.5 Å². The molecule has 0 spiro atoms. The van der Waals surface area contributed by atoms with Crippen molar-refractivity contribution in [2.75, 3.05) is 26.2 Å². The second-order valence-corrected chi connectivity index (χ2v) is 4.64. The smallest absolute Gasteiger partial charge is 0.0703 e. The Balaban J connectivity index is 1.81. The highest BCUT2D eigenvalue weighted by Gasteiger charge is 2.19. The summed E-state index contributed by atoms with van der Waals surface area (Å²) in [5.74, 6) is 0. The van der Waals surface area contributed by atoms with Crippen LogP contribution in [0.2, 0.25) is 0 Å². The van der Waals surface area contributed by atoms with Crippen LogP contribution >= 0.6 is 0 Å². The third-order valence-electron chi connectivity index (χ3n) is 3.18. The molecule has 0 aliphatic carbocycles. The average molecular weight is 234 g/mol. The van der Waals surface area contributed by atoms with Crippen LogP contribution < -0.4 is 5.73 Å². The van der Waals surface area contributed by atoms with Gasteiger partial charge in [-0.3, -0.25) is 4.90 Å². The summed E-state index contributed by atoms with van der Waals surface area (Å²) in [6, 6.07) is 10.6. The van der Waals surface area contributed by atoms with Crippen molar-refractivity contribution < 1.29 is 4.74 Å². The van der Waals surface area contributed by atoms with E-state index in [1.54, 1.807) is 0 Å². The quantitative estimate of drug-likeness (QED) is 0.841. The van der Waals surface area contributed by atoms with E-state index in [4.69, 9.17) is 10.5 Å². The highest BCUT2D eigenvalue weighted by atomic mass is 16.5. The number of benzene rings is 1. The van der Waals surface area contributed by atoms with E-state index < -0.39 is 0 Å². The summed E-state index contributed by atoms with van der Waals surface area (Å²) in [5, 5.41) is 0. The Morgan fingerprint density at radius 3 is 2.88 bits per heavy atom. The zero-order valence-corrected chi connectivity index (χ0v) is 10.3. The van der Waals surface area contributed by atoms with Crippen LogP contribution in [0.3, 0.4) is 0 Å². The van der Waals surface area contributed by atoms with Crippen molar-refractivity contribution in [2.45, 2.75) is 25.5 Å². The van der Waals surface area contributed by atoms with Crippen molar-refractivity contribution in [3.63, 3.8) is 0 Å². The first-order chi connectivity index (χ1) is 8.38. The minimum Gasteiger partial charge on any atom is -0.376 e. The highest BCUT2D eigenvalue weighted by Crippen LogP contribution is 2.15. The summed E-state index contributed by atoms with van der Waals surface area (Å²) in [6.45, 7) is 4.55. The number of ether oxygens (including phenoxy) is 1. The number of likely N-dealkylation sites (tertiary alicyclic amines) is 1. The fourth-order valence-corrected chi connectivity index (χ4v) is 2.37. The molecular weight excluding hydrogens is 212 g/mol. The first kappa shape index (κ1) is 12.6. The van der Waals surface area contributed by atoms with Crippen LogP contribution in [0.15, 0.2) is 30.3 Å². The van der Waals surface area contributed by atoms with Gasteiger partial charge in [-0.05, 0) is 24.9 Å². The Morgan fingerprint density at radius 1 is 1.29 bits per heavy atom. The molecule has 1 fully saturated rings. The van der Waals surface area contributed by atoms with E-state index in [2.05, 4.69) is 35.2 Å². The summed E-state index contributed by atoms with van der Waals surface area (Å²) in [7, 11) is 0. The molecule has 3 nitrogen and oxygen atoms in total. The van der Waals surface area contributed by atoms with Crippen molar-refractivity contribution in [1.29, 1.82) is 0 Å². The summed E-state index contributed by atoms with van der Waals surface area (Å²) in [5.41, 5.74) is 6.85. The average Bonchev–Trinajstić information content (AvgIpc) is 2.38. The molecule has 1 aromatic carbocycles. The zero-order chi connectivity index (χ0) is 11.9. The number of hydrogen-bond acceptors (Lipinski definition) is 3. The Hall–Kier alpha value is -0.900. The van der Waals surface area contributed by atoms with Gasteiger partial charge in [-0.2, -0.15) is 0 Å². The molecule has 94 valence electrons. The lowest BCUT2D eigenvalue weighted by Crippen LogP contribution is -2.39. The fraction of sp³-hybridized carbons (Fsp3) is 0.571. The molecule has 0 bridgehead atoms. The van der Waals surface area contributed by atoms with Gasteiger partial charge in [0.25, 0.3) is 0 Å². The van der Waals surface area contributed by atoms with Gasteiger partial charge in [0.15, 0.2) is 0 Å². The van der Waals surface area contributed by atoms with E-state index in [1.807, 2.05) is 0 Å². The lowest BCUT2D eigenvalue weighted by Gasteiger charge is -2.32. The van der Waals surface area contributed by atoms with Crippen molar-refractivity contribution in [3.05, 3.63) is 35.9 Å². The molecule has 0 saturated carbocycles. The molecule has 0 unspecified atom stereocenters. The molecule has 1 atom stereocenters. The standard InChI is InChI=1S/C14H22N2O/c15-8-10-17-14-7-4-9-16(12-14)11-13-5-2-1-3-6-13/h1-3,5-6,14H,4,7-12,15H2/t14-/m1/s1. The molecule has 0 radical (unpaired) electrons. The molecule has 1 aliphatic heterocycles. The van der Waals surface area contributed by atoms with Crippen LogP contribution in [0.4, 0.5) is 0 Å². The Kier molecular flexibility index (Phi) is 4.98. The minimum atomic E-state index is 0.371. The third kappa shape index (κ3) is 4.11. The molecular formula is C14H22N2O. The SMILES string of the molecule is NCCO[C@@H]1CCCN(Cc2ccccc2)C1. The Morgan fingerprint density at radius 2 is 2.12 bits per heavy atom. The molecule has 2 rings (SSSR count). The maximum Gasteiger partial charge on any atom is 0.0703 e. The second-order valence-electron chi connectivity index (χ2n) is 4.64. The molecule has 3 heteroatoms. The maximum absolute atomic E-state index is 5.73. The summed E-state index contributed by atoms with van der Waals surface area (Å²) in [4.78, 5) is 2.47. The minimum absolute atomic E-state index is 0.371. The summed E-state index contributed by atoms with van der Waals surface area (Å²) in [6.07, 6.45) is 2.77. The topological polar surface area (TPSA) is 38.5 Å². The van der Waals surface area contributed by atoms with Crippen molar-refractivity contribution in [2.24, 2.45) is 5.73 Å². The van der Waals surface area contributed by atoms with Gasteiger partial charge >= 0.3 is 0 Å². The molecule has 2 N–H and O–H groups in total. The summed E-state index contributed by atoms with van der Waals surface area (Å²) < 4.78 is 5.73. The van der Waals surface area contributed by atoms with E-state index >= 15 is 0 Å². The van der Waals surface area contributed by atoms with Crippen LogP contribution in [0, 0.1) is 0 Å². The summed E-state index contributed by atoms with van der Waals surface area (Å²) >= 11 is 0. The number of hydrogen-bond donors (Lipinski definition) is 1. The zero-order valence-electron chi connectivity index (χ0n) is 10.3. The second kappa shape index (κ2) is 6.74. The van der Waals surface area contributed by atoms with Gasteiger partial charge in [-0.25, -0.2) is 0 Å². The normalized spacial score (nSPS) is 21.6. The number of nitrogens with zero attached hydrogens (tertiary/aromatic N) is 1. The van der Waals surface area contributed by atoms with Gasteiger partial charge in [0.2, 0.25) is 0 Å². The Bertz CT molecular complexity index is 315. The molecule has 0 aromatic heterocycles. The van der Waals surface area contributed by atoms with E-state index in [0.717, 1.165) is 13.1 Å². The Labute approximate surface area is 104 Å². The van der Waals surface area contributed by atoms with Gasteiger partial charge in [-0.1, -0.05) is 30.3 Å². The van der Waals surface area contributed by atoms with Crippen molar-refractivity contribution in [3.8, 4) is 0 Å². The van der Waals surface area contributed by atoms with Crippen LogP contribution in [0.5, 0.6) is 0 Å². The predicted molar refractivity (Wildman–Crippen MR) is 69.7 cm³/mol. The predicted octanol–water partition coefficient (Wildman–Crippen LogP) is 1.63. The van der Waals surface area contributed by atoms with Crippen molar-refractivity contribution >= 4 is 0 Å². The number of piperidine rings is 1.